The van der Waals surface area contributed by atoms with Gasteiger partial charge in [0.1, 0.15) is 5.75 Å². The maximum atomic E-state index is 11.8. The highest BCUT2D eigenvalue weighted by atomic mass is 16.5. The molecule has 1 amide bonds. The Balaban J connectivity index is 2.16. The van der Waals surface area contributed by atoms with E-state index in [1.54, 1.807) is 26.2 Å². The molecule has 1 aromatic heterocycles. The van der Waals surface area contributed by atoms with Gasteiger partial charge in [-0.25, -0.2) is 4.98 Å². The van der Waals surface area contributed by atoms with Crippen molar-refractivity contribution in [2.45, 2.75) is 6.54 Å². The monoisotopic (exact) mass is 285 g/mol. The maximum absolute atomic E-state index is 11.8. The number of hydrogen-bond donors (Lipinski definition) is 1. The number of carbonyl (C=O) groups excluding carboxylic acids is 1. The third-order valence-corrected chi connectivity index (χ3v) is 2.94. The Morgan fingerprint density at radius 2 is 2.00 bits per heavy atom. The fraction of sp³-hybridized carbons (Fsp3) is 0.250. The van der Waals surface area contributed by atoms with Gasteiger partial charge < -0.3 is 15.0 Å². The van der Waals surface area contributed by atoms with E-state index in [2.05, 4.69) is 10.3 Å². The number of hydrogen-bond acceptors (Lipinski definition) is 4. The topological polar surface area (TPSA) is 54.5 Å². The van der Waals surface area contributed by atoms with Crippen LogP contribution in [0.1, 0.15) is 15.9 Å². The summed E-state index contributed by atoms with van der Waals surface area (Å²) in [6.45, 7) is 0.716. The summed E-state index contributed by atoms with van der Waals surface area (Å²) < 4.78 is 5.78. The largest absolute Gasteiger partial charge is 0.439 e. The number of aromatic nitrogens is 1. The van der Waals surface area contributed by atoms with Gasteiger partial charge in [-0.3, -0.25) is 4.79 Å². The second-order valence-corrected chi connectivity index (χ2v) is 4.82. The molecule has 2 aromatic rings. The molecule has 0 atom stereocenters. The van der Waals surface area contributed by atoms with Crippen molar-refractivity contribution in [2.24, 2.45) is 0 Å². The number of nitrogens with one attached hydrogen (secondary N) is 1. The maximum Gasteiger partial charge on any atom is 0.254 e. The van der Waals surface area contributed by atoms with E-state index in [0.717, 1.165) is 11.3 Å². The van der Waals surface area contributed by atoms with E-state index in [1.165, 1.54) is 11.1 Å². The standard InChI is InChI=1S/C16H19N3O2/c1-17-10-12-6-4-5-7-14(12)21-15-9-8-13(11-18-15)16(20)19(2)3/h4-9,11,17H,10H2,1-3H3. The van der Waals surface area contributed by atoms with E-state index in [-0.39, 0.29) is 5.91 Å². The van der Waals surface area contributed by atoms with Crippen molar-refractivity contribution in [3.63, 3.8) is 0 Å². The van der Waals surface area contributed by atoms with Crippen molar-refractivity contribution in [1.29, 1.82) is 0 Å². The van der Waals surface area contributed by atoms with E-state index in [4.69, 9.17) is 4.74 Å². The molecule has 110 valence electrons. The van der Waals surface area contributed by atoms with Gasteiger partial charge in [-0.1, -0.05) is 18.2 Å². The van der Waals surface area contributed by atoms with Crippen molar-refractivity contribution in [2.75, 3.05) is 21.1 Å². The minimum atomic E-state index is -0.0790. The molecule has 1 aromatic carbocycles. The van der Waals surface area contributed by atoms with E-state index < -0.39 is 0 Å². The zero-order valence-electron chi connectivity index (χ0n) is 12.5. The predicted octanol–water partition coefficient (Wildman–Crippen LogP) is 2.30. The minimum absolute atomic E-state index is 0.0790. The zero-order chi connectivity index (χ0) is 15.2. The Morgan fingerprint density at radius 1 is 1.24 bits per heavy atom. The van der Waals surface area contributed by atoms with E-state index >= 15 is 0 Å². The molecule has 5 nitrogen and oxygen atoms in total. The first-order valence-electron chi connectivity index (χ1n) is 6.70. The number of para-hydroxylation sites is 1. The third kappa shape index (κ3) is 3.79. The lowest BCUT2D eigenvalue weighted by molar-refractivity contribution is 0.0827. The highest BCUT2D eigenvalue weighted by molar-refractivity contribution is 5.93. The number of pyridine rings is 1. The van der Waals surface area contributed by atoms with Crippen LogP contribution < -0.4 is 10.1 Å². The third-order valence-electron chi connectivity index (χ3n) is 2.94. The van der Waals surface area contributed by atoms with Gasteiger partial charge in [-0.05, 0) is 19.2 Å². The number of ether oxygens (including phenoxy) is 1. The van der Waals surface area contributed by atoms with Gasteiger partial charge in [-0.2, -0.15) is 0 Å². The summed E-state index contributed by atoms with van der Waals surface area (Å²) in [7, 11) is 5.30. The molecular formula is C16H19N3O2. The fourth-order valence-corrected chi connectivity index (χ4v) is 1.88. The van der Waals surface area contributed by atoms with Crippen molar-refractivity contribution in [3.05, 3.63) is 53.7 Å². The van der Waals surface area contributed by atoms with Gasteiger partial charge in [0, 0.05) is 38.5 Å². The molecule has 1 heterocycles. The molecule has 2 rings (SSSR count). The Kier molecular flexibility index (Phi) is 4.90. The van der Waals surface area contributed by atoms with Crippen molar-refractivity contribution >= 4 is 5.91 Å². The highest BCUT2D eigenvalue weighted by Gasteiger charge is 2.09. The Labute approximate surface area is 124 Å². The fourth-order valence-electron chi connectivity index (χ4n) is 1.88. The normalized spacial score (nSPS) is 10.2. The smallest absolute Gasteiger partial charge is 0.254 e. The first-order chi connectivity index (χ1) is 10.1. The molecule has 0 saturated carbocycles. The quantitative estimate of drug-likeness (QED) is 0.916. The van der Waals surface area contributed by atoms with E-state index in [0.29, 0.717) is 18.0 Å². The van der Waals surface area contributed by atoms with Crippen LogP contribution in [-0.2, 0) is 6.54 Å². The van der Waals surface area contributed by atoms with E-state index in [9.17, 15) is 4.79 Å². The molecule has 0 aliphatic heterocycles. The van der Waals surface area contributed by atoms with Gasteiger partial charge in [0.25, 0.3) is 5.91 Å². The predicted molar refractivity (Wildman–Crippen MR) is 81.5 cm³/mol. The van der Waals surface area contributed by atoms with Crippen LogP contribution >= 0.6 is 0 Å². The molecule has 5 heteroatoms. The van der Waals surface area contributed by atoms with Gasteiger partial charge in [0.15, 0.2) is 0 Å². The Hall–Kier alpha value is -2.40. The lowest BCUT2D eigenvalue weighted by atomic mass is 10.2. The zero-order valence-corrected chi connectivity index (χ0v) is 12.5. The number of nitrogens with zero attached hydrogens (tertiary/aromatic N) is 2. The summed E-state index contributed by atoms with van der Waals surface area (Å²) in [5, 5.41) is 3.10. The number of carbonyl (C=O) groups is 1. The molecule has 0 aliphatic carbocycles. The molecule has 0 radical (unpaired) electrons. The van der Waals surface area contributed by atoms with Crippen molar-refractivity contribution in [3.8, 4) is 11.6 Å². The summed E-state index contributed by atoms with van der Waals surface area (Å²) in [4.78, 5) is 17.5. The van der Waals surface area contributed by atoms with Crippen LogP contribution in [0.25, 0.3) is 0 Å². The van der Waals surface area contributed by atoms with E-state index in [1.807, 2.05) is 31.3 Å². The molecule has 21 heavy (non-hydrogen) atoms. The summed E-state index contributed by atoms with van der Waals surface area (Å²) in [5.41, 5.74) is 1.59. The van der Waals surface area contributed by atoms with Crippen molar-refractivity contribution in [1.82, 2.24) is 15.2 Å². The molecule has 0 spiro atoms. The van der Waals surface area contributed by atoms with Crippen LogP contribution in [0.3, 0.4) is 0 Å². The number of rotatable bonds is 5. The summed E-state index contributed by atoms with van der Waals surface area (Å²) in [5.74, 6) is 1.14. The molecule has 0 aliphatic rings. The van der Waals surface area contributed by atoms with Crippen LogP contribution in [0.5, 0.6) is 11.6 Å². The first kappa shape index (κ1) is 15.0. The Bertz CT molecular complexity index is 609. The average Bonchev–Trinajstić information content (AvgIpc) is 2.49. The molecule has 0 unspecified atom stereocenters. The van der Waals surface area contributed by atoms with Crippen LogP contribution in [0.4, 0.5) is 0 Å². The van der Waals surface area contributed by atoms with Crippen LogP contribution in [-0.4, -0.2) is 36.9 Å². The van der Waals surface area contributed by atoms with Crippen LogP contribution in [0, 0.1) is 0 Å². The second-order valence-electron chi connectivity index (χ2n) is 4.82. The lowest BCUT2D eigenvalue weighted by Crippen LogP contribution is -2.21. The second kappa shape index (κ2) is 6.85. The summed E-state index contributed by atoms with van der Waals surface area (Å²) >= 11 is 0. The summed E-state index contributed by atoms with van der Waals surface area (Å²) in [6, 6.07) is 11.2. The molecule has 0 saturated heterocycles. The lowest BCUT2D eigenvalue weighted by Gasteiger charge is -2.12. The number of benzene rings is 1. The van der Waals surface area contributed by atoms with Gasteiger partial charge in [0.05, 0.1) is 5.56 Å². The minimum Gasteiger partial charge on any atom is -0.439 e. The molecule has 0 fully saturated rings. The molecule has 1 N–H and O–H groups in total. The molecular weight excluding hydrogens is 266 g/mol. The van der Waals surface area contributed by atoms with Gasteiger partial charge in [-0.15, -0.1) is 0 Å². The average molecular weight is 285 g/mol. The number of amides is 1. The van der Waals surface area contributed by atoms with Gasteiger partial charge in [0.2, 0.25) is 5.88 Å². The highest BCUT2D eigenvalue weighted by Crippen LogP contribution is 2.23. The first-order valence-corrected chi connectivity index (χ1v) is 6.70. The molecule has 0 bridgehead atoms. The van der Waals surface area contributed by atoms with Crippen LogP contribution in [0.2, 0.25) is 0 Å². The summed E-state index contributed by atoms with van der Waals surface area (Å²) in [6.07, 6.45) is 1.53. The van der Waals surface area contributed by atoms with Crippen molar-refractivity contribution < 1.29 is 9.53 Å². The van der Waals surface area contributed by atoms with Crippen LogP contribution in [0.15, 0.2) is 42.6 Å². The van der Waals surface area contributed by atoms with Gasteiger partial charge >= 0.3 is 0 Å². The SMILES string of the molecule is CNCc1ccccc1Oc1ccc(C(=O)N(C)C)cn1. The Morgan fingerprint density at radius 3 is 2.62 bits per heavy atom.